The molecule has 9 heteroatoms. The standard InChI is InChI=1S/C16H17ClN4O3S/c1-4-12-9(2)15(24-3)20-16(19-12)21-25(22,23)14-8-18-13-7-10(17)5-6-11(13)14/h5-8,18H,4H2,1-3H3,(H,19,20,21). The molecule has 3 aromatic rings. The molecule has 0 radical (unpaired) electrons. The number of halogens is 1. The van der Waals surface area contributed by atoms with Crippen molar-refractivity contribution in [1.82, 2.24) is 15.0 Å². The lowest BCUT2D eigenvalue weighted by Gasteiger charge is -2.11. The zero-order valence-corrected chi connectivity index (χ0v) is 15.5. The number of aromatic amines is 1. The third kappa shape index (κ3) is 3.27. The molecule has 0 saturated heterocycles. The van der Waals surface area contributed by atoms with Crippen molar-refractivity contribution in [3.05, 3.63) is 40.7 Å². The second kappa shape index (κ2) is 6.53. The molecule has 0 aliphatic carbocycles. The average molecular weight is 381 g/mol. The quantitative estimate of drug-likeness (QED) is 0.707. The van der Waals surface area contributed by atoms with E-state index in [2.05, 4.69) is 19.7 Å². The molecule has 2 N–H and O–H groups in total. The number of benzene rings is 1. The molecule has 0 atom stereocenters. The Morgan fingerprint density at radius 3 is 2.76 bits per heavy atom. The van der Waals surface area contributed by atoms with E-state index in [-0.39, 0.29) is 10.8 Å². The van der Waals surface area contributed by atoms with Crippen LogP contribution in [-0.2, 0) is 16.4 Å². The molecule has 0 saturated carbocycles. The maximum Gasteiger partial charge on any atom is 0.266 e. The first kappa shape index (κ1) is 17.5. The van der Waals surface area contributed by atoms with Gasteiger partial charge in [-0.05, 0) is 31.5 Å². The molecule has 25 heavy (non-hydrogen) atoms. The van der Waals surface area contributed by atoms with Crippen molar-refractivity contribution in [2.75, 3.05) is 11.8 Å². The number of rotatable bonds is 5. The van der Waals surface area contributed by atoms with Gasteiger partial charge in [-0.1, -0.05) is 18.5 Å². The molecule has 2 heterocycles. The van der Waals surface area contributed by atoms with E-state index in [1.54, 1.807) is 18.2 Å². The predicted molar refractivity (Wildman–Crippen MR) is 96.8 cm³/mol. The number of fused-ring (bicyclic) bond motifs is 1. The highest BCUT2D eigenvalue weighted by Gasteiger charge is 2.22. The van der Waals surface area contributed by atoms with E-state index >= 15 is 0 Å². The molecule has 0 fully saturated rings. The Hall–Kier alpha value is -2.32. The zero-order chi connectivity index (χ0) is 18.2. The summed E-state index contributed by atoms with van der Waals surface area (Å²) >= 11 is 5.93. The van der Waals surface area contributed by atoms with Gasteiger partial charge in [0.25, 0.3) is 10.0 Å². The zero-order valence-electron chi connectivity index (χ0n) is 13.9. The summed E-state index contributed by atoms with van der Waals surface area (Å²) in [6.45, 7) is 3.76. The second-order valence-electron chi connectivity index (χ2n) is 5.43. The van der Waals surface area contributed by atoms with Crippen molar-refractivity contribution < 1.29 is 13.2 Å². The summed E-state index contributed by atoms with van der Waals surface area (Å²) in [7, 11) is -2.39. The van der Waals surface area contributed by atoms with Gasteiger partial charge in [0.05, 0.1) is 12.8 Å². The Morgan fingerprint density at radius 2 is 2.08 bits per heavy atom. The number of hydrogen-bond donors (Lipinski definition) is 2. The molecule has 0 aliphatic rings. The van der Waals surface area contributed by atoms with Gasteiger partial charge < -0.3 is 9.72 Å². The number of sulfonamides is 1. The number of methoxy groups -OCH3 is 1. The molecule has 2 aromatic heterocycles. The number of hydrogen-bond acceptors (Lipinski definition) is 5. The minimum atomic E-state index is -3.88. The van der Waals surface area contributed by atoms with Gasteiger partial charge in [0, 0.05) is 27.7 Å². The van der Waals surface area contributed by atoms with E-state index in [4.69, 9.17) is 16.3 Å². The van der Waals surface area contributed by atoms with E-state index in [1.165, 1.54) is 13.3 Å². The van der Waals surface area contributed by atoms with Gasteiger partial charge in [-0.15, -0.1) is 0 Å². The summed E-state index contributed by atoms with van der Waals surface area (Å²) in [6, 6.07) is 4.95. The third-order valence-corrected chi connectivity index (χ3v) is 5.45. The first-order valence-electron chi connectivity index (χ1n) is 7.56. The van der Waals surface area contributed by atoms with Gasteiger partial charge in [0.2, 0.25) is 11.8 Å². The van der Waals surface area contributed by atoms with E-state index in [0.29, 0.717) is 28.2 Å². The Bertz CT molecular complexity index is 1020. The maximum atomic E-state index is 12.8. The van der Waals surface area contributed by atoms with Crippen LogP contribution in [0.3, 0.4) is 0 Å². The van der Waals surface area contributed by atoms with Crippen molar-refractivity contribution in [3.63, 3.8) is 0 Å². The molecule has 0 amide bonds. The number of nitrogens with one attached hydrogen (secondary N) is 2. The highest BCUT2D eigenvalue weighted by molar-refractivity contribution is 7.93. The van der Waals surface area contributed by atoms with Crippen LogP contribution in [-0.4, -0.2) is 30.5 Å². The average Bonchev–Trinajstić information content (AvgIpc) is 2.99. The normalized spacial score (nSPS) is 11.7. The minimum Gasteiger partial charge on any atom is -0.481 e. The molecule has 0 unspecified atom stereocenters. The predicted octanol–water partition coefficient (Wildman–Crippen LogP) is 3.29. The van der Waals surface area contributed by atoms with Crippen LogP contribution in [0.1, 0.15) is 18.2 Å². The number of H-pyrrole nitrogens is 1. The molecule has 3 rings (SSSR count). The van der Waals surface area contributed by atoms with Crippen LogP contribution in [0.25, 0.3) is 10.9 Å². The molecule has 0 spiro atoms. The van der Waals surface area contributed by atoms with E-state index in [0.717, 1.165) is 11.3 Å². The summed E-state index contributed by atoms with van der Waals surface area (Å²) in [6.07, 6.45) is 2.04. The van der Waals surface area contributed by atoms with Crippen molar-refractivity contribution in [3.8, 4) is 5.88 Å². The van der Waals surface area contributed by atoms with Crippen LogP contribution in [0.2, 0.25) is 5.02 Å². The van der Waals surface area contributed by atoms with Gasteiger partial charge in [0.1, 0.15) is 4.90 Å². The molecule has 0 bridgehead atoms. The van der Waals surface area contributed by atoms with Crippen LogP contribution >= 0.6 is 11.6 Å². The maximum absolute atomic E-state index is 12.8. The molecule has 7 nitrogen and oxygen atoms in total. The van der Waals surface area contributed by atoms with Crippen molar-refractivity contribution in [2.24, 2.45) is 0 Å². The molecule has 132 valence electrons. The highest BCUT2D eigenvalue weighted by Crippen LogP contribution is 2.27. The Balaban J connectivity index is 2.04. The first-order chi connectivity index (χ1) is 11.9. The van der Waals surface area contributed by atoms with Gasteiger partial charge in [-0.2, -0.15) is 4.98 Å². The lowest BCUT2D eigenvalue weighted by Crippen LogP contribution is -2.16. The fraction of sp³-hybridized carbons (Fsp3) is 0.250. The first-order valence-corrected chi connectivity index (χ1v) is 9.42. The highest BCUT2D eigenvalue weighted by atomic mass is 35.5. The number of nitrogens with zero attached hydrogens (tertiary/aromatic N) is 2. The summed E-state index contributed by atoms with van der Waals surface area (Å²) in [5.41, 5.74) is 2.13. The minimum absolute atomic E-state index is 0.0254. The number of ether oxygens (including phenoxy) is 1. The molecule has 0 aliphatic heterocycles. The van der Waals surface area contributed by atoms with Gasteiger partial charge >= 0.3 is 0 Å². The van der Waals surface area contributed by atoms with Crippen LogP contribution in [0, 0.1) is 6.92 Å². The monoisotopic (exact) mass is 380 g/mol. The van der Waals surface area contributed by atoms with E-state index in [1.807, 2.05) is 13.8 Å². The van der Waals surface area contributed by atoms with E-state index in [9.17, 15) is 8.42 Å². The number of aryl methyl sites for hydroxylation is 1. The van der Waals surface area contributed by atoms with Crippen LogP contribution in [0.5, 0.6) is 5.88 Å². The van der Waals surface area contributed by atoms with Crippen molar-refractivity contribution >= 4 is 38.5 Å². The molecular weight excluding hydrogens is 364 g/mol. The topological polar surface area (TPSA) is 97.0 Å². The second-order valence-corrected chi connectivity index (χ2v) is 7.52. The van der Waals surface area contributed by atoms with Gasteiger partial charge in [-0.25, -0.2) is 18.1 Å². The van der Waals surface area contributed by atoms with Crippen molar-refractivity contribution in [2.45, 2.75) is 25.2 Å². The largest absolute Gasteiger partial charge is 0.481 e. The molecule has 1 aromatic carbocycles. The van der Waals surface area contributed by atoms with Crippen LogP contribution < -0.4 is 9.46 Å². The summed E-state index contributed by atoms with van der Waals surface area (Å²) < 4.78 is 33.2. The Kier molecular flexibility index (Phi) is 4.57. The summed E-state index contributed by atoms with van der Waals surface area (Å²) in [5.74, 6) is 0.317. The number of anilines is 1. The molecular formula is C16H17ClN4O3S. The smallest absolute Gasteiger partial charge is 0.266 e. The van der Waals surface area contributed by atoms with E-state index < -0.39 is 10.0 Å². The fourth-order valence-corrected chi connectivity index (χ4v) is 3.89. The summed E-state index contributed by atoms with van der Waals surface area (Å²) in [4.78, 5) is 11.4. The van der Waals surface area contributed by atoms with Gasteiger partial charge in [-0.3, -0.25) is 0 Å². The SMILES string of the molecule is CCc1nc(NS(=O)(=O)c2c[nH]c3cc(Cl)ccc23)nc(OC)c1C. The van der Waals surface area contributed by atoms with Crippen LogP contribution in [0.15, 0.2) is 29.3 Å². The van der Waals surface area contributed by atoms with Gasteiger partial charge in [0.15, 0.2) is 0 Å². The fourth-order valence-electron chi connectivity index (χ4n) is 2.60. The Morgan fingerprint density at radius 1 is 1.32 bits per heavy atom. The lowest BCUT2D eigenvalue weighted by atomic mass is 10.2. The number of aromatic nitrogens is 3. The third-order valence-electron chi connectivity index (χ3n) is 3.85. The lowest BCUT2D eigenvalue weighted by molar-refractivity contribution is 0.393. The van der Waals surface area contributed by atoms with Crippen LogP contribution in [0.4, 0.5) is 5.95 Å². The summed E-state index contributed by atoms with van der Waals surface area (Å²) in [5, 5.41) is 1.05. The van der Waals surface area contributed by atoms with Crippen molar-refractivity contribution in [1.29, 1.82) is 0 Å². The Labute approximate surface area is 150 Å².